The zero-order valence-electron chi connectivity index (χ0n) is 15.8. The number of rotatable bonds is 3. The molecule has 2 aliphatic heterocycles. The second kappa shape index (κ2) is 7.92. The Morgan fingerprint density at radius 1 is 1.24 bits per heavy atom. The molecule has 4 rings (SSSR count). The molecular formula is C20H22FN3O5. The number of nitrogens with one attached hydrogen (secondary N) is 1. The minimum Gasteiger partial charge on any atom is -0.501 e. The van der Waals surface area contributed by atoms with Crippen molar-refractivity contribution in [3.8, 4) is 5.75 Å². The van der Waals surface area contributed by atoms with Crippen LogP contribution >= 0.6 is 0 Å². The Bertz CT molecular complexity index is 967. The van der Waals surface area contributed by atoms with E-state index in [9.17, 15) is 19.1 Å². The molecule has 0 aliphatic carbocycles. The summed E-state index contributed by atoms with van der Waals surface area (Å²) >= 11 is 0. The molecule has 29 heavy (non-hydrogen) atoms. The molecule has 2 aromatic rings. The summed E-state index contributed by atoms with van der Waals surface area (Å²) in [5.74, 6) is -1.39. The molecule has 0 atom stereocenters. The lowest BCUT2D eigenvalue weighted by molar-refractivity contribution is -0.118. The third-order valence-corrected chi connectivity index (χ3v) is 5.34. The van der Waals surface area contributed by atoms with Crippen molar-refractivity contribution in [1.82, 2.24) is 14.9 Å². The first-order valence-corrected chi connectivity index (χ1v) is 9.59. The van der Waals surface area contributed by atoms with Gasteiger partial charge in [0.2, 0.25) is 5.75 Å². The molecule has 3 heterocycles. The fourth-order valence-electron chi connectivity index (χ4n) is 3.75. The van der Waals surface area contributed by atoms with Crippen molar-refractivity contribution in [3.63, 3.8) is 0 Å². The second-order valence-corrected chi connectivity index (χ2v) is 7.21. The van der Waals surface area contributed by atoms with Gasteiger partial charge in [-0.15, -0.1) is 0 Å². The van der Waals surface area contributed by atoms with Crippen LogP contribution in [0.1, 0.15) is 41.1 Å². The molecule has 1 aromatic carbocycles. The van der Waals surface area contributed by atoms with Gasteiger partial charge in [0.25, 0.3) is 11.5 Å². The molecule has 1 aromatic heterocycles. The Kier molecular flexibility index (Phi) is 5.33. The van der Waals surface area contributed by atoms with Crippen molar-refractivity contribution in [2.75, 3.05) is 19.8 Å². The van der Waals surface area contributed by atoms with E-state index in [0.29, 0.717) is 57.0 Å². The number of nitrogens with zero attached hydrogens (tertiary/aromatic N) is 2. The van der Waals surface area contributed by atoms with Crippen LogP contribution in [0.2, 0.25) is 0 Å². The number of hydrogen-bond donors (Lipinski definition) is 2. The molecule has 2 N–H and O–H groups in total. The van der Waals surface area contributed by atoms with Crippen LogP contribution in [0.5, 0.6) is 5.75 Å². The van der Waals surface area contributed by atoms with Crippen LogP contribution in [0.15, 0.2) is 29.1 Å². The van der Waals surface area contributed by atoms with Crippen molar-refractivity contribution in [2.24, 2.45) is 0 Å². The molecule has 0 radical (unpaired) electrons. The number of carbonyl (C=O) groups is 1. The largest absolute Gasteiger partial charge is 0.501 e. The van der Waals surface area contributed by atoms with Crippen LogP contribution < -0.4 is 10.9 Å². The number of ether oxygens (including phenoxy) is 2. The summed E-state index contributed by atoms with van der Waals surface area (Å²) in [5, 5.41) is 13.0. The minimum atomic E-state index is -0.812. The van der Waals surface area contributed by atoms with Gasteiger partial charge in [-0.1, -0.05) is 12.1 Å². The van der Waals surface area contributed by atoms with E-state index in [-0.39, 0.29) is 18.1 Å². The summed E-state index contributed by atoms with van der Waals surface area (Å²) in [6.45, 7) is 1.84. The highest BCUT2D eigenvalue weighted by Crippen LogP contribution is 2.37. The van der Waals surface area contributed by atoms with Gasteiger partial charge in [0.15, 0.2) is 5.69 Å². The third kappa shape index (κ3) is 3.75. The Hall–Kier alpha value is -2.78. The van der Waals surface area contributed by atoms with Gasteiger partial charge in [-0.2, -0.15) is 0 Å². The number of amides is 1. The number of aromatic hydroxyl groups is 1. The smallest absolute Gasteiger partial charge is 0.296 e. The van der Waals surface area contributed by atoms with Gasteiger partial charge in [0.1, 0.15) is 17.2 Å². The fraction of sp³-hybridized carbons (Fsp3) is 0.450. The highest BCUT2D eigenvalue weighted by atomic mass is 19.1. The lowest BCUT2D eigenvalue weighted by Gasteiger charge is -2.36. The van der Waals surface area contributed by atoms with Crippen molar-refractivity contribution in [3.05, 3.63) is 57.5 Å². The van der Waals surface area contributed by atoms with Crippen LogP contribution in [-0.4, -0.2) is 40.4 Å². The van der Waals surface area contributed by atoms with E-state index in [4.69, 9.17) is 9.47 Å². The number of benzene rings is 1. The van der Waals surface area contributed by atoms with E-state index in [0.717, 1.165) is 0 Å². The maximum atomic E-state index is 13.0. The Balaban J connectivity index is 1.67. The number of hydrogen-bond acceptors (Lipinski definition) is 6. The first kappa shape index (κ1) is 19.5. The van der Waals surface area contributed by atoms with Crippen molar-refractivity contribution < 1.29 is 23.8 Å². The molecule has 1 amide bonds. The molecule has 1 spiro atoms. The van der Waals surface area contributed by atoms with Crippen LogP contribution in [0.25, 0.3) is 0 Å². The Labute approximate surface area is 166 Å². The second-order valence-electron chi connectivity index (χ2n) is 7.21. The standard InChI is InChI=1S/C20H22FN3O5/c21-14-4-2-13(3-5-14)12-22-17(26)15-16(25)18(27)24-8-1-9-29-20(19(24)23-15)6-10-28-11-7-20/h2-5,25H,1,6-12H2,(H,22,26). The van der Waals surface area contributed by atoms with Crippen LogP contribution in [0.4, 0.5) is 4.39 Å². The molecule has 154 valence electrons. The first-order chi connectivity index (χ1) is 14.0. The van der Waals surface area contributed by atoms with Gasteiger partial charge in [-0.05, 0) is 24.1 Å². The summed E-state index contributed by atoms with van der Waals surface area (Å²) in [5.41, 5.74) is -1.12. The number of fused-ring (bicyclic) bond motifs is 2. The van der Waals surface area contributed by atoms with Crippen molar-refractivity contribution in [2.45, 2.75) is 38.0 Å². The van der Waals surface area contributed by atoms with Gasteiger partial charge in [-0.3, -0.25) is 14.2 Å². The highest BCUT2D eigenvalue weighted by molar-refractivity contribution is 5.94. The van der Waals surface area contributed by atoms with Crippen LogP contribution in [0.3, 0.4) is 0 Å². The van der Waals surface area contributed by atoms with E-state index in [1.165, 1.54) is 16.7 Å². The molecule has 0 bridgehead atoms. The van der Waals surface area contributed by atoms with E-state index in [1.54, 1.807) is 12.1 Å². The van der Waals surface area contributed by atoms with Crippen molar-refractivity contribution in [1.29, 1.82) is 0 Å². The van der Waals surface area contributed by atoms with Crippen LogP contribution in [0, 0.1) is 5.82 Å². The molecule has 9 heteroatoms. The van der Waals surface area contributed by atoms with Gasteiger partial charge >= 0.3 is 0 Å². The molecule has 8 nitrogen and oxygen atoms in total. The zero-order valence-corrected chi connectivity index (χ0v) is 15.8. The predicted molar refractivity (Wildman–Crippen MR) is 100 cm³/mol. The monoisotopic (exact) mass is 403 g/mol. The SMILES string of the molecule is O=C(NCc1ccc(F)cc1)c1nc2n(c(=O)c1O)CCCOC21CCOCC1. The Morgan fingerprint density at radius 3 is 2.69 bits per heavy atom. The fourth-order valence-corrected chi connectivity index (χ4v) is 3.75. The maximum absolute atomic E-state index is 13.0. The lowest BCUT2D eigenvalue weighted by Crippen LogP contribution is -2.42. The zero-order chi connectivity index (χ0) is 20.4. The number of carbonyl (C=O) groups excluding carboxylic acids is 1. The molecule has 0 unspecified atom stereocenters. The molecule has 1 saturated heterocycles. The van der Waals surface area contributed by atoms with Gasteiger partial charge in [-0.25, -0.2) is 9.37 Å². The summed E-state index contributed by atoms with van der Waals surface area (Å²) in [4.78, 5) is 29.9. The average Bonchev–Trinajstić information content (AvgIpc) is 2.90. The number of halogens is 1. The third-order valence-electron chi connectivity index (χ3n) is 5.34. The topological polar surface area (TPSA) is 103 Å². The lowest BCUT2D eigenvalue weighted by atomic mass is 9.92. The molecule has 1 fully saturated rings. The van der Waals surface area contributed by atoms with Gasteiger partial charge in [0.05, 0.1) is 0 Å². The molecule has 0 saturated carbocycles. The normalized spacial score (nSPS) is 18.1. The summed E-state index contributed by atoms with van der Waals surface area (Å²) < 4.78 is 25.9. The van der Waals surface area contributed by atoms with E-state index >= 15 is 0 Å². The Morgan fingerprint density at radius 2 is 1.97 bits per heavy atom. The van der Waals surface area contributed by atoms with Crippen molar-refractivity contribution >= 4 is 5.91 Å². The average molecular weight is 403 g/mol. The highest BCUT2D eigenvalue weighted by Gasteiger charge is 2.42. The molecular weight excluding hydrogens is 381 g/mol. The van der Waals surface area contributed by atoms with Crippen LogP contribution in [-0.2, 0) is 28.2 Å². The van der Waals surface area contributed by atoms with Gasteiger partial charge in [0, 0.05) is 45.8 Å². The summed E-state index contributed by atoms with van der Waals surface area (Å²) in [6, 6.07) is 5.66. The first-order valence-electron chi connectivity index (χ1n) is 9.59. The van der Waals surface area contributed by atoms with E-state index in [2.05, 4.69) is 10.3 Å². The quantitative estimate of drug-likeness (QED) is 0.804. The minimum absolute atomic E-state index is 0.105. The van der Waals surface area contributed by atoms with E-state index in [1.807, 2.05) is 0 Å². The maximum Gasteiger partial charge on any atom is 0.296 e. The molecule has 2 aliphatic rings. The summed E-state index contributed by atoms with van der Waals surface area (Å²) in [6.07, 6.45) is 1.63. The van der Waals surface area contributed by atoms with E-state index < -0.39 is 22.8 Å². The number of aromatic nitrogens is 2. The summed E-state index contributed by atoms with van der Waals surface area (Å²) in [7, 11) is 0. The van der Waals surface area contributed by atoms with Gasteiger partial charge < -0.3 is 19.9 Å². The predicted octanol–water partition coefficient (Wildman–Crippen LogP) is 1.44.